The minimum Gasteiger partial charge on any atom is -0.478 e. The van der Waals surface area contributed by atoms with Crippen LogP contribution in [-0.2, 0) is 14.8 Å². The van der Waals surface area contributed by atoms with Crippen LogP contribution in [0.1, 0.15) is 30.1 Å². The van der Waals surface area contributed by atoms with Gasteiger partial charge in [0.2, 0.25) is 5.91 Å². The van der Waals surface area contributed by atoms with Gasteiger partial charge in [-0.05, 0) is 48.9 Å². The number of carbonyl (C=O) groups excluding carboxylic acids is 1. The number of amides is 1. The first-order valence-electron chi connectivity index (χ1n) is 8.19. The van der Waals surface area contributed by atoms with Crippen molar-refractivity contribution in [1.29, 1.82) is 0 Å². The zero-order chi connectivity index (χ0) is 20.5. The van der Waals surface area contributed by atoms with E-state index >= 15 is 0 Å². The highest BCUT2D eigenvalue weighted by Gasteiger charge is 2.31. The topological polar surface area (TPSA) is 122 Å². The Labute approximate surface area is 163 Å². The number of hydrogen-bond donors (Lipinski definition) is 1. The molecule has 3 aromatic rings. The summed E-state index contributed by atoms with van der Waals surface area (Å²) in [4.78, 5) is 34.3. The lowest BCUT2D eigenvalue weighted by Crippen LogP contribution is -2.36. The van der Waals surface area contributed by atoms with Gasteiger partial charge in [0.15, 0.2) is 0 Å². The minimum absolute atomic E-state index is 0.00784. The number of fused-ring (bicyclic) bond motifs is 1. The second-order valence-corrected chi connectivity index (χ2v) is 8.59. The Bertz CT molecular complexity index is 1210. The molecule has 1 heterocycles. The predicted molar refractivity (Wildman–Crippen MR) is 103 cm³/mol. The highest BCUT2D eigenvalue weighted by atomic mass is 32.2. The first-order valence-corrected chi connectivity index (χ1v) is 10.4. The Morgan fingerprint density at radius 1 is 1.14 bits per heavy atom. The van der Waals surface area contributed by atoms with E-state index in [0.29, 0.717) is 21.0 Å². The van der Waals surface area contributed by atoms with Crippen LogP contribution in [-0.4, -0.2) is 25.4 Å². The molecule has 0 aliphatic heterocycles. The molecule has 0 saturated heterocycles. The van der Waals surface area contributed by atoms with E-state index in [9.17, 15) is 22.8 Å². The van der Waals surface area contributed by atoms with Crippen molar-refractivity contribution in [3.05, 3.63) is 57.8 Å². The van der Waals surface area contributed by atoms with Crippen molar-refractivity contribution < 1.29 is 27.5 Å². The zero-order valence-corrected chi connectivity index (χ0v) is 16.2. The van der Waals surface area contributed by atoms with Crippen molar-refractivity contribution in [2.75, 3.05) is 4.31 Å². The Balaban J connectivity index is 2.13. The monoisotopic (exact) mass is 421 g/mol. The summed E-state index contributed by atoms with van der Waals surface area (Å²) < 4.78 is 32.4. The van der Waals surface area contributed by atoms with Crippen molar-refractivity contribution in [3.63, 3.8) is 0 Å². The highest BCUT2D eigenvalue weighted by Crippen LogP contribution is 2.29. The molecule has 0 atom stereocenters. The summed E-state index contributed by atoms with van der Waals surface area (Å²) in [5, 5.41) is 8.98. The molecule has 28 heavy (non-hydrogen) atoms. The van der Waals surface area contributed by atoms with Crippen LogP contribution in [0.25, 0.3) is 10.3 Å². The number of rotatable bonds is 6. The summed E-state index contributed by atoms with van der Waals surface area (Å²) in [7, 11) is -4.29. The van der Waals surface area contributed by atoms with E-state index in [1.165, 1.54) is 18.2 Å². The quantitative estimate of drug-likeness (QED) is 0.649. The molecule has 0 unspecified atom stereocenters. The standard InChI is InChI=1S/C18H15NO7S2/c1-2-3-16(20)19(12-6-9-14-15(10-12)27-18(23)26-14)28(24,25)13-7-4-11(5-8-13)17(21)22/h4-10H,2-3H2,1H3,(H,21,22). The largest absolute Gasteiger partial charge is 0.478 e. The van der Waals surface area contributed by atoms with E-state index < -0.39 is 26.8 Å². The van der Waals surface area contributed by atoms with Crippen LogP contribution in [0.4, 0.5) is 5.69 Å². The lowest BCUT2D eigenvalue weighted by atomic mass is 10.2. The van der Waals surface area contributed by atoms with Crippen molar-refractivity contribution in [3.8, 4) is 0 Å². The normalized spacial score (nSPS) is 11.5. The van der Waals surface area contributed by atoms with E-state index in [2.05, 4.69) is 0 Å². The number of carboxylic acid groups (broad SMARTS) is 1. The van der Waals surface area contributed by atoms with Crippen LogP contribution >= 0.6 is 11.3 Å². The second-order valence-electron chi connectivity index (χ2n) is 5.83. The van der Waals surface area contributed by atoms with Gasteiger partial charge >= 0.3 is 10.9 Å². The maximum atomic E-state index is 13.1. The predicted octanol–water partition coefficient (Wildman–Crippen LogP) is 3.07. The zero-order valence-electron chi connectivity index (χ0n) is 14.6. The molecular formula is C18H15NO7S2. The van der Waals surface area contributed by atoms with Gasteiger partial charge in [-0.3, -0.25) is 4.79 Å². The van der Waals surface area contributed by atoms with Crippen molar-refractivity contribution in [2.24, 2.45) is 0 Å². The lowest BCUT2D eigenvalue weighted by molar-refractivity contribution is -0.117. The summed E-state index contributed by atoms with van der Waals surface area (Å²) in [6.45, 7) is 1.75. The molecule has 1 amide bonds. The summed E-state index contributed by atoms with van der Waals surface area (Å²) in [5.74, 6) is -1.83. The molecule has 0 fully saturated rings. The van der Waals surface area contributed by atoms with E-state index in [0.717, 1.165) is 35.6 Å². The molecule has 10 heteroatoms. The number of sulfonamides is 1. The Hall–Kier alpha value is -2.98. The number of carboxylic acids is 1. The summed E-state index contributed by atoms with van der Waals surface area (Å²) in [6, 6.07) is 8.80. The molecule has 0 aliphatic carbocycles. The number of nitrogens with zero attached hydrogens (tertiary/aromatic N) is 1. The van der Waals surface area contributed by atoms with Gasteiger partial charge in [-0.15, -0.1) is 0 Å². The van der Waals surface area contributed by atoms with E-state index in [1.54, 1.807) is 6.92 Å². The molecule has 0 saturated carbocycles. The molecule has 1 aromatic heterocycles. The first-order chi connectivity index (χ1) is 13.2. The third-order valence-electron chi connectivity index (χ3n) is 3.88. The average Bonchev–Trinajstić information content (AvgIpc) is 3.01. The molecule has 0 aliphatic rings. The average molecular weight is 421 g/mol. The van der Waals surface area contributed by atoms with Crippen LogP contribution in [0.5, 0.6) is 0 Å². The van der Waals surface area contributed by atoms with E-state index in [4.69, 9.17) is 9.52 Å². The molecule has 0 radical (unpaired) electrons. The molecule has 0 spiro atoms. The van der Waals surface area contributed by atoms with Crippen LogP contribution in [0.2, 0.25) is 0 Å². The van der Waals surface area contributed by atoms with Gasteiger partial charge in [0.25, 0.3) is 10.0 Å². The molecule has 0 bridgehead atoms. The third kappa shape index (κ3) is 3.69. The maximum absolute atomic E-state index is 13.1. The lowest BCUT2D eigenvalue weighted by Gasteiger charge is -2.22. The SMILES string of the molecule is CCCC(=O)N(c1ccc2oc(=O)sc2c1)S(=O)(=O)c1ccc(C(=O)O)cc1. The fourth-order valence-corrected chi connectivity index (χ4v) is 4.74. The number of benzene rings is 2. The Kier molecular flexibility index (Phi) is 5.34. The number of carbonyl (C=O) groups is 2. The number of hydrogen-bond acceptors (Lipinski definition) is 7. The minimum atomic E-state index is -4.29. The summed E-state index contributed by atoms with van der Waals surface area (Å²) in [6.07, 6.45) is 0.427. The fourth-order valence-electron chi connectivity index (χ4n) is 2.59. The van der Waals surface area contributed by atoms with Gasteiger partial charge in [-0.2, -0.15) is 0 Å². The number of aromatic carboxylic acids is 1. The van der Waals surface area contributed by atoms with Gasteiger partial charge in [0, 0.05) is 6.42 Å². The fraction of sp³-hybridized carbons (Fsp3) is 0.167. The molecule has 3 rings (SSSR count). The van der Waals surface area contributed by atoms with Gasteiger partial charge < -0.3 is 9.52 Å². The molecule has 2 aromatic carbocycles. The van der Waals surface area contributed by atoms with Crippen molar-refractivity contribution in [1.82, 2.24) is 0 Å². The van der Waals surface area contributed by atoms with E-state index in [-0.39, 0.29) is 22.6 Å². The number of anilines is 1. The van der Waals surface area contributed by atoms with E-state index in [1.807, 2.05) is 0 Å². The highest BCUT2D eigenvalue weighted by molar-refractivity contribution is 7.93. The van der Waals surface area contributed by atoms with Crippen molar-refractivity contribution in [2.45, 2.75) is 24.7 Å². The van der Waals surface area contributed by atoms with Crippen molar-refractivity contribution >= 4 is 49.2 Å². The summed E-state index contributed by atoms with van der Waals surface area (Å²) >= 11 is 0.800. The Morgan fingerprint density at radius 3 is 2.43 bits per heavy atom. The molecule has 146 valence electrons. The molecular weight excluding hydrogens is 406 g/mol. The third-order valence-corrected chi connectivity index (χ3v) is 6.43. The summed E-state index contributed by atoms with van der Waals surface area (Å²) in [5.41, 5.74) is 0.296. The Morgan fingerprint density at radius 2 is 1.82 bits per heavy atom. The van der Waals surface area contributed by atoms with Gasteiger partial charge in [0.05, 0.1) is 20.8 Å². The van der Waals surface area contributed by atoms with Gasteiger partial charge in [0.1, 0.15) is 5.58 Å². The van der Waals surface area contributed by atoms with Crippen LogP contribution in [0.15, 0.2) is 56.6 Å². The first kappa shape index (κ1) is 19.8. The smallest absolute Gasteiger partial charge is 0.396 e. The molecule has 1 N–H and O–H groups in total. The van der Waals surface area contributed by atoms with Crippen LogP contribution in [0, 0.1) is 0 Å². The van der Waals surface area contributed by atoms with Gasteiger partial charge in [-0.1, -0.05) is 18.3 Å². The maximum Gasteiger partial charge on any atom is 0.396 e. The van der Waals surface area contributed by atoms with Gasteiger partial charge in [-0.25, -0.2) is 22.3 Å². The second kappa shape index (κ2) is 7.56. The van der Waals surface area contributed by atoms with Crippen LogP contribution in [0.3, 0.4) is 0 Å². The molecule has 8 nitrogen and oxygen atoms in total. The van der Waals surface area contributed by atoms with Crippen LogP contribution < -0.4 is 9.24 Å².